The molecule has 11 heteroatoms. The van der Waals surface area contributed by atoms with Crippen LogP contribution in [0.3, 0.4) is 0 Å². The third-order valence-corrected chi connectivity index (χ3v) is 7.70. The molecule has 0 spiro atoms. The lowest BCUT2D eigenvalue weighted by Crippen LogP contribution is -2.41. The molecule has 5 atom stereocenters. The monoisotopic (exact) mass is 459 g/mol. The van der Waals surface area contributed by atoms with Crippen molar-refractivity contribution in [3.63, 3.8) is 0 Å². The Morgan fingerprint density at radius 1 is 1.12 bits per heavy atom. The van der Waals surface area contributed by atoms with Gasteiger partial charge in [-0.3, -0.25) is 4.55 Å². The van der Waals surface area contributed by atoms with Crippen LogP contribution in [0, 0.1) is 0 Å². The number of fused-ring (bicyclic) bond motifs is 2. The average molecular weight is 460 g/mol. The average Bonchev–Trinajstić information content (AvgIpc) is 3.42. The van der Waals surface area contributed by atoms with Gasteiger partial charge >= 0.3 is 10.3 Å². The number of nitrogens with zero attached hydrogens (tertiary/aromatic N) is 4. The Morgan fingerprint density at radius 2 is 1.91 bits per heavy atom. The third kappa shape index (κ3) is 3.55. The summed E-state index contributed by atoms with van der Waals surface area (Å²) < 4.78 is 35.1. The summed E-state index contributed by atoms with van der Waals surface area (Å²) in [5.41, 5.74) is 2.80. The summed E-state index contributed by atoms with van der Waals surface area (Å²) in [7, 11) is -3.14. The Kier molecular flexibility index (Phi) is 5.18. The summed E-state index contributed by atoms with van der Waals surface area (Å²) in [4.78, 5) is 8.81. The van der Waals surface area contributed by atoms with Crippen LogP contribution in [-0.2, 0) is 16.7 Å². The first-order valence-corrected chi connectivity index (χ1v) is 11.9. The highest BCUT2D eigenvalue weighted by Gasteiger charge is 2.40. The zero-order valence-electron chi connectivity index (χ0n) is 17.4. The maximum atomic E-state index is 11.5. The molecule has 1 saturated carbocycles. The van der Waals surface area contributed by atoms with Crippen LogP contribution in [0.4, 0.5) is 5.82 Å². The fourth-order valence-corrected chi connectivity index (χ4v) is 5.60. The highest BCUT2D eigenvalue weighted by atomic mass is 32.2. The maximum Gasteiger partial charge on any atom is 0.335 e. The first-order chi connectivity index (χ1) is 15.2. The van der Waals surface area contributed by atoms with Crippen molar-refractivity contribution in [3.8, 4) is 0 Å². The van der Waals surface area contributed by atoms with E-state index in [0.717, 1.165) is 20.8 Å². The van der Waals surface area contributed by atoms with E-state index in [0.29, 0.717) is 30.7 Å². The predicted molar refractivity (Wildman–Crippen MR) is 117 cm³/mol. The third-order valence-electron chi connectivity index (χ3n) is 6.70. The van der Waals surface area contributed by atoms with Crippen LogP contribution in [0.2, 0.25) is 0 Å². The molecule has 0 unspecified atom stereocenters. The first-order valence-electron chi connectivity index (χ1n) is 10.5. The first kappa shape index (κ1) is 21.3. The lowest BCUT2D eigenvalue weighted by Gasteiger charge is -2.23. The van der Waals surface area contributed by atoms with Crippen molar-refractivity contribution in [1.82, 2.24) is 18.8 Å². The Labute approximate surface area is 185 Å². The van der Waals surface area contributed by atoms with Crippen molar-refractivity contribution in [3.05, 3.63) is 54.0 Å². The van der Waals surface area contributed by atoms with Gasteiger partial charge in [0.15, 0.2) is 0 Å². The molecule has 170 valence electrons. The quantitative estimate of drug-likeness (QED) is 0.419. The molecule has 2 aliphatic carbocycles. The minimum atomic E-state index is -4.40. The Morgan fingerprint density at radius 3 is 2.69 bits per heavy atom. The molecule has 32 heavy (non-hydrogen) atoms. The van der Waals surface area contributed by atoms with E-state index < -0.39 is 28.6 Å². The van der Waals surface area contributed by atoms with Gasteiger partial charge in [0.1, 0.15) is 17.8 Å². The van der Waals surface area contributed by atoms with Crippen LogP contribution in [-0.4, -0.2) is 67.3 Å². The van der Waals surface area contributed by atoms with Crippen molar-refractivity contribution in [2.75, 3.05) is 12.4 Å². The van der Waals surface area contributed by atoms with Gasteiger partial charge in [-0.1, -0.05) is 24.3 Å². The smallest absolute Gasteiger partial charge is 0.335 e. The van der Waals surface area contributed by atoms with Gasteiger partial charge in [-0.05, 0) is 30.0 Å². The van der Waals surface area contributed by atoms with E-state index in [4.69, 9.17) is 0 Å². The zero-order chi connectivity index (χ0) is 22.6. The highest BCUT2D eigenvalue weighted by molar-refractivity contribution is 7.83. The topological polar surface area (TPSA) is 141 Å². The van der Waals surface area contributed by atoms with E-state index in [1.165, 1.54) is 13.4 Å². The number of likely N-dealkylation sites (N-methyl/N-ethyl adjacent to an activating group) is 1. The van der Waals surface area contributed by atoms with Crippen molar-refractivity contribution >= 4 is 27.2 Å². The molecular formula is C21H25N5O5S. The number of benzene rings is 1. The van der Waals surface area contributed by atoms with E-state index in [9.17, 15) is 23.2 Å². The van der Waals surface area contributed by atoms with Gasteiger partial charge in [0.2, 0.25) is 0 Å². The Bertz CT molecular complexity index is 1260. The number of nitrogens with one attached hydrogen (secondary N) is 1. The van der Waals surface area contributed by atoms with Crippen LogP contribution < -0.4 is 5.32 Å². The zero-order valence-corrected chi connectivity index (χ0v) is 18.2. The number of aliphatic hydroxyl groups is 2. The maximum absolute atomic E-state index is 11.5. The molecule has 1 fully saturated rings. The van der Waals surface area contributed by atoms with Crippen LogP contribution in [0.1, 0.15) is 36.1 Å². The predicted octanol–water partition coefficient (Wildman–Crippen LogP) is 1.30. The summed E-state index contributed by atoms with van der Waals surface area (Å²) in [6.45, 7) is 0. The number of aliphatic hydroxyl groups excluding tert-OH is 2. The number of aromatic nitrogens is 3. The largest absolute Gasteiger partial charge is 0.391 e. The van der Waals surface area contributed by atoms with E-state index in [-0.39, 0.29) is 12.1 Å². The lowest BCUT2D eigenvalue weighted by molar-refractivity contribution is 0.117. The number of rotatable bonds is 5. The lowest BCUT2D eigenvalue weighted by atomic mass is 10.1. The molecule has 4 N–H and O–H groups in total. The summed E-state index contributed by atoms with van der Waals surface area (Å²) >= 11 is 0. The normalized spacial score (nSPS) is 27.8. The molecule has 0 saturated heterocycles. The molecule has 1 aromatic carbocycles. The number of hydrogen-bond donors (Lipinski definition) is 4. The van der Waals surface area contributed by atoms with Gasteiger partial charge in [0, 0.05) is 25.7 Å². The van der Waals surface area contributed by atoms with Gasteiger partial charge in [-0.25, -0.2) is 9.97 Å². The highest BCUT2D eigenvalue weighted by Crippen LogP contribution is 2.38. The SMILES string of the molecule is CN([C@H]1C[C@@H](n2ccc3c(N[C@@H]4c5ccccc5C[C@@H]4O)ncnc32)C[C@@H]1O)S(=O)(=O)O. The second-order valence-electron chi connectivity index (χ2n) is 8.53. The molecule has 0 aliphatic heterocycles. The van der Waals surface area contributed by atoms with Crippen LogP contribution in [0.25, 0.3) is 11.0 Å². The van der Waals surface area contributed by atoms with E-state index in [1.807, 2.05) is 41.1 Å². The molecule has 5 rings (SSSR count). The van der Waals surface area contributed by atoms with Crippen molar-refractivity contribution in [2.45, 2.75) is 49.6 Å². The van der Waals surface area contributed by atoms with E-state index >= 15 is 0 Å². The molecule has 2 aliphatic rings. The van der Waals surface area contributed by atoms with Crippen molar-refractivity contribution in [2.24, 2.45) is 0 Å². The molecular weight excluding hydrogens is 434 g/mol. The van der Waals surface area contributed by atoms with E-state index in [2.05, 4.69) is 15.3 Å². The summed E-state index contributed by atoms with van der Waals surface area (Å²) in [6, 6.07) is 8.58. The second-order valence-corrected chi connectivity index (χ2v) is 10.0. The molecule has 2 aromatic heterocycles. The summed E-state index contributed by atoms with van der Waals surface area (Å²) in [5, 5.41) is 25.1. The number of hydrogen-bond acceptors (Lipinski definition) is 7. The van der Waals surface area contributed by atoms with Crippen molar-refractivity contribution < 1.29 is 23.2 Å². The Hall–Kier alpha value is -2.57. The van der Waals surface area contributed by atoms with E-state index in [1.54, 1.807) is 0 Å². The summed E-state index contributed by atoms with van der Waals surface area (Å²) in [6.07, 6.45) is 3.05. The van der Waals surface area contributed by atoms with Crippen LogP contribution >= 0.6 is 0 Å². The molecule has 0 radical (unpaired) electrons. The fourth-order valence-electron chi connectivity index (χ4n) is 5.03. The molecule has 0 bridgehead atoms. The molecule has 2 heterocycles. The van der Waals surface area contributed by atoms with Gasteiger partial charge in [0.05, 0.1) is 29.7 Å². The van der Waals surface area contributed by atoms with Gasteiger partial charge in [-0.2, -0.15) is 12.7 Å². The fraction of sp³-hybridized carbons (Fsp3) is 0.429. The molecule has 10 nitrogen and oxygen atoms in total. The van der Waals surface area contributed by atoms with Crippen molar-refractivity contribution in [1.29, 1.82) is 0 Å². The minimum absolute atomic E-state index is 0.197. The minimum Gasteiger partial charge on any atom is -0.391 e. The summed E-state index contributed by atoms with van der Waals surface area (Å²) in [5.74, 6) is 0.597. The number of anilines is 1. The second kappa shape index (κ2) is 7.78. The van der Waals surface area contributed by atoms with Gasteiger partial charge in [0.25, 0.3) is 0 Å². The van der Waals surface area contributed by atoms with Gasteiger partial charge in [-0.15, -0.1) is 0 Å². The van der Waals surface area contributed by atoms with Crippen LogP contribution in [0.5, 0.6) is 0 Å². The molecule has 3 aromatic rings. The van der Waals surface area contributed by atoms with Gasteiger partial charge < -0.3 is 20.1 Å². The Balaban J connectivity index is 1.43. The van der Waals surface area contributed by atoms with Crippen LogP contribution in [0.15, 0.2) is 42.9 Å². The standard InChI is InChI=1S/C21H25N5O5S/c1-25(32(29,30)31)16-9-13(10-17(16)27)26-7-6-15-20(22-11-23-21(15)26)24-19-14-5-3-2-4-12(14)8-18(19)28/h2-7,11,13,16-19,27-28H,8-10H2,1H3,(H,22,23,24)(H,29,30,31)/t13-,16+,17+,18+,19-/m1/s1. The molecule has 0 amide bonds.